The van der Waals surface area contributed by atoms with Gasteiger partial charge in [-0.2, -0.15) is 0 Å². The molecule has 0 aliphatic rings. The van der Waals surface area contributed by atoms with Crippen LogP contribution in [0.3, 0.4) is 0 Å². The number of benzene rings is 1. The highest BCUT2D eigenvalue weighted by Crippen LogP contribution is 2.21. The molecular weight excluding hydrogens is 207 g/mol. The number of nitrogens with two attached hydrogens (primary N) is 1. The van der Waals surface area contributed by atoms with Crippen LogP contribution in [-0.2, 0) is 0 Å². The van der Waals surface area contributed by atoms with Crippen LogP contribution in [-0.4, -0.2) is 13.0 Å². The van der Waals surface area contributed by atoms with Crippen LogP contribution in [0.15, 0.2) is 23.2 Å². The van der Waals surface area contributed by atoms with Gasteiger partial charge >= 0.3 is 0 Å². The summed E-state index contributed by atoms with van der Waals surface area (Å²) in [5.41, 5.74) is 2.71. The highest BCUT2D eigenvalue weighted by Gasteiger charge is 2.03. The maximum atomic E-state index is 12.8. The van der Waals surface area contributed by atoms with Crippen molar-refractivity contribution in [2.24, 2.45) is 10.8 Å². The lowest BCUT2D eigenvalue weighted by Gasteiger charge is -2.09. The first kappa shape index (κ1) is 10.7. The van der Waals surface area contributed by atoms with E-state index in [-0.39, 0.29) is 5.82 Å². The van der Waals surface area contributed by atoms with E-state index in [1.807, 2.05) is 0 Å². The van der Waals surface area contributed by atoms with Crippen LogP contribution >= 0.6 is 11.6 Å². The van der Waals surface area contributed by atoms with Gasteiger partial charge in [-0.15, -0.1) is 0 Å². The fourth-order valence-electron chi connectivity index (χ4n) is 0.877. The average molecular weight is 217 g/mol. The van der Waals surface area contributed by atoms with Gasteiger partial charge in [0.25, 0.3) is 0 Å². The van der Waals surface area contributed by atoms with Gasteiger partial charge in [0.2, 0.25) is 5.96 Å². The summed E-state index contributed by atoms with van der Waals surface area (Å²) in [5.74, 6) is 5.06. The largest absolute Gasteiger partial charge is 0.324 e. The quantitative estimate of drug-likeness (QED) is 0.287. The molecule has 0 heterocycles. The van der Waals surface area contributed by atoms with Crippen molar-refractivity contribution in [3.8, 4) is 0 Å². The van der Waals surface area contributed by atoms with E-state index < -0.39 is 0 Å². The Bertz CT molecular complexity index is 353. The summed E-state index contributed by atoms with van der Waals surface area (Å²) in [5, 5.41) is 3.12. The molecule has 0 bridgehead atoms. The van der Waals surface area contributed by atoms with Crippen molar-refractivity contribution in [3.63, 3.8) is 0 Å². The molecule has 4 nitrogen and oxygen atoms in total. The van der Waals surface area contributed by atoms with Crippen LogP contribution in [0.1, 0.15) is 0 Å². The van der Waals surface area contributed by atoms with Crippen molar-refractivity contribution in [3.05, 3.63) is 29.0 Å². The Morgan fingerprint density at radius 2 is 2.29 bits per heavy atom. The van der Waals surface area contributed by atoms with Crippen LogP contribution in [0, 0.1) is 5.82 Å². The minimum absolute atomic E-state index is 0.303. The first-order chi connectivity index (χ1) is 6.67. The van der Waals surface area contributed by atoms with Gasteiger partial charge in [0, 0.05) is 7.05 Å². The second-order valence-corrected chi connectivity index (χ2v) is 2.87. The molecule has 1 aromatic carbocycles. The molecular formula is C8H10ClFN4. The predicted octanol–water partition coefficient (Wildman–Crippen LogP) is 1.34. The number of hydrazine groups is 1. The average Bonchev–Trinajstić information content (AvgIpc) is 2.19. The maximum absolute atomic E-state index is 12.8. The lowest BCUT2D eigenvalue weighted by Crippen LogP contribution is -2.36. The number of nitrogens with zero attached hydrogens (tertiary/aromatic N) is 1. The van der Waals surface area contributed by atoms with Gasteiger partial charge < -0.3 is 5.32 Å². The van der Waals surface area contributed by atoms with Gasteiger partial charge in [-0.3, -0.25) is 10.4 Å². The molecule has 76 valence electrons. The van der Waals surface area contributed by atoms with E-state index in [0.29, 0.717) is 16.7 Å². The van der Waals surface area contributed by atoms with Gasteiger partial charge in [-0.1, -0.05) is 11.6 Å². The zero-order valence-corrected chi connectivity index (χ0v) is 8.27. The summed E-state index contributed by atoms with van der Waals surface area (Å²) in [6, 6.07) is 3.97. The Hall–Kier alpha value is -1.33. The lowest BCUT2D eigenvalue weighted by molar-refractivity contribution is 0.628. The monoisotopic (exact) mass is 216 g/mol. The summed E-state index contributed by atoms with van der Waals surface area (Å²) in [6.07, 6.45) is 0. The first-order valence-electron chi connectivity index (χ1n) is 3.83. The number of guanidine groups is 1. The van der Waals surface area contributed by atoms with Gasteiger partial charge in [0.15, 0.2) is 0 Å². The summed E-state index contributed by atoms with van der Waals surface area (Å²) in [4.78, 5) is 3.76. The number of rotatable bonds is 1. The van der Waals surface area contributed by atoms with Crippen molar-refractivity contribution >= 4 is 23.2 Å². The highest BCUT2D eigenvalue weighted by atomic mass is 35.5. The lowest BCUT2D eigenvalue weighted by atomic mass is 10.3. The zero-order chi connectivity index (χ0) is 10.6. The summed E-state index contributed by atoms with van der Waals surface area (Å²) in [6.45, 7) is 0. The predicted molar refractivity (Wildman–Crippen MR) is 55.7 cm³/mol. The van der Waals surface area contributed by atoms with Crippen molar-refractivity contribution in [2.45, 2.75) is 0 Å². The number of hydrogen-bond donors (Lipinski definition) is 3. The molecule has 14 heavy (non-hydrogen) atoms. The summed E-state index contributed by atoms with van der Waals surface area (Å²) in [7, 11) is 1.54. The fourth-order valence-corrected chi connectivity index (χ4v) is 1.04. The maximum Gasteiger partial charge on any atom is 0.210 e. The molecule has 0 spiro atoms. The van der Waals surface area contributed by atoms with Crippen molar-refractivity contribution < 1.29 is 4.39 Å². The third-order valence-electron chi connectivity index (χ3n) is 1.54. The molecule has 0 aliphatic heterocycles. The number of halogens is 2. The molecule has 1 aromatic rings. The van der Waals surface area contributed by atoms with Gasteiger partial charge in [0.05, 0.1) is 10.7 Å². The van der Waals surface area contributed by atoms with E-state index in [0.717, 1.165) is 0 Å². The third-order valence-corrected chi connectivity index (χ3v) is 1.87. The number of anilines is 1. The highest BCUT2D eigenvalue weighted by molar-refractivity contribution is 6.33. The molecule has 6 heteroatoms. The van der Waals surface area contributed by atoms with Crippen LogP contribution in [0.4, 0.5) is 10.1 Å². The van der Waals surface area contributed by atoms with Crippen molar-refractivity contribution in [1.29, 1.82) is 0 Å². The van der Waals surface area contributed by atoms with E-state index in [1.165, 1.54) is 25.2 Å². The van der Waals surface area contributed by atoms with Crippen LogP contribution in [0.5, 0.6) is 0 Å². The van der Waals surface area contributed by atoms with Crippen molar-refractivity contribution in [2.75, 3.05) is 12.4 Å². The summed E-state index contributed by atoms with van der Waals surface area (Å²) < 4.78 is 12.8. The Kier molecular flexibility index (Phi) is 3.67. The van der Waals surface area contributed by atoms with Crippen LogP contribution in [0.2, 0.25) is 5.02 Å². The molecule has 0 amide bonds. The first-order valence-corrected chi connectivity index (χ1v) is 4.20. The molecule has 4 N–H and O–H groups in total. The second-order valence-electron chi connectivity index (χ2n) is 2.47. The Morgan fingerprint density at radius 1 is 1.57 bits per heavy atom. The molecule has 1 rings (SSSR count). The molecule has 0 fully saturated rings. The van der Waals surface area contributed by atoms with E-state index in [1.54, 1.807) is 0 Å². The van der Waals surface area contributed by atoms with Gasteiger partial charge in [-0.25, -0.2) is 10.2 Å². The molecule has 0 atom stereocenters. The third kappa shape index (κ3) is 2.58. The Labute approximate surface area is 85.9 Å². The minimum atomic E-state index is -0.385. The topological polar surface area (TPSA) is 62.4 Å². The molecule has 0 saturated heterocycles. The minimum Gasteiger partial charge on any atom is -0.324 e. The fraction of sp³-hybridized carbons (Fsp3) is 0.125. The van der Waals surface area contributed by atoms with E-state index in [2.05, 4.69) is 15.7 Å². The molecule has 0 unspecified atom stereocenters. The van der Waals surface area contributed by atoms with E-state index in [4.69, 9.17) is 17.4 Å². The van der Waals surface area contributed by atoms with Crippen LogP contribution < -0.4 is 16.6 Å². The Balaban J connectivity index is 2.90. The van der Waals surface area contributed by atoms with Crippen LogP contribution in [0.25, 0.3) is 0 Å². The summed E-state index contributed by atoms with van der Waals surface area (Å²) >= 11 is 5.80. The standard InChI is InChI=1S/C8H10ClFN4/c1-12-8(14-11)13-7-4-5(10)2-3-6(7)9/h2-4H,11H2,1H3,(H2,12,13,14). The van der Waals surface area contributed by atoms with Crippen molar-refractivity contribution in [1.82, 2.24) is 5.43 Å². The molecule has 0 saturated carbocycles. The second kappa shape index (κ2) is 4.78. The molecule has 0 radical (unpaired) electrons. The van der Waals surface area contributed by atoms with E-state index in [9.17, 15) is 4.39 Å². The number of hydrogen-bond acceptors (Lipinski definition) is 2. The number of nitrogens with one attached hydrogen (secondary N) is 2. The normalized spacial score (nSPS) is 11.3. The van der Waals surface area contributed by atoms with Gasteiger partial charge in [-0.05, 0) is 18.2 Å². The smallest absolute Gasteiger partial charge is 0.210 e. The van der Waals surface area contributed by atoms with E-state index >= 15 is 0 Å². The number of aliphatic imine (C=N–C) groups is 1. The zero-order valence-electron chi connectivity index (χ0n) is 7.51. The SMILES string of the molecule is CN=C(NN)Nc1cc(F)ccc1Cl. The molecule has 0 aromatic heterocycles. The molecule has 0 aliphatic carbocycles. The van der Waals surface area contributed by atoms with Gasteiger partial charge in [0.1, 0.15) is 5.82 Å². The Morgan fingerprint density at radius 3 is 2.86 bits per heavy atom.